The summed E-state index contributed by atoms with van der Waals surface area (Å²) in [7, 11) is -3.10. The standard InChI is InChI=1S/C17H25N3O5S/c1-11(2)8-15(16(22)18-12-4-3-5-14(21)9-12)20-17(23)19-13-6-7-26(24,25)10-13/h3-5,9,11,13,15,21H,6-8,10H2,1-2H3,(H,18,22)(H2,19,20,23)/t13?,15-/m1/s1. The summed E-state index contributed by atoms with van der Waals surface area (Å²) in [5.41, 5.74) is 0.424. The number of amides is 3. The van der Waals surface area contributed by atoms with E-state index in [0.29, 0.717) is 18.5 Å². The molecule has 2 atom stereocenters. The molecule has 0 aromatic heterocycles. The molecule has 144 valence electrons. The lowest BCUT2D eigenvalue weighted by atomic mass is 10.0. The Bertz CT molecular complexity index is 763. The van der Waals surface area contributed by atoms with Gasteiger partial charge in [-0.25, -0.2) is 13.2 Å². The second-order valence-electron chi connectivity index (χ2n) is 6.94. The maximum absolute atomic E-state index is 12.5. The summed E-state index contributed by atoms with van der Waals surface area (Å²) >= 11 is 0. The second-order valence-corrected chi connectivity index (χ2v) is 9.17. The van der Waals surface area contributed by atoms with Gasteiger partial charge in [-0.15, -0.1) is 0 Å². The zero-order chi connectivity index (χ0) is 19.3. The van der Waals surface area contributed by atoms with Crippen LogP contribution in [0.4, 0.5) is 10.5 Å². The van der Waals surface area contributed by atoms with Crippen molar-refractivity contribution in [2.75, 3.05) is 16.8 Å². The summed E-state index contributed by atoms with van der Waals surface area (Å²) in [5.74, 6) is -0.243. The normalized spacial score (nSPS) is 19.7. The van der Waals surface area contributed by atoms with Crippen molar-refractivity contribution in [1.82, 2.24) is 10.6 Å². The van der Waals surface area contributed by atoms with Gasteiger partial charge in [0.05, 0.1) is 11.5 Å². The lowest BCUT2D eigenvalue weighted by Gasteiger charge is -2.21. The van der Waals surface area contributed by atoms with Gasteiger partial charge in [-0.1, -0.05) is 19.9 Å². The van der Waals surface area contributed by atoms with Crippen LogP contribution in [0, 0.1) is 5.92 Å². The number of carbonyl (C=O) groups excluding carboxylic acids is 2. The number of urea groups is 1. The molecule has 1 fully saturated rings. The molecule has 2 rings (SSSR count). The smallest absolute Gasteiger partial charge is 0.315 e. The Kier molecular flexibility index (Phi) is 6.47. The first-order valence-corrected chi connectivity index (χ1v) is 10.3. The summed E-state index contributed by atoms with van der Waals surface area (Å²) in [5, 5.41) is 17.4. The van der Waals surface area contributed by atoms with Gasteiger partial charge in [0.1, 0.15) is 11.8 Å². The van der Waals surface area contributed by atoms with Gasteiger partial charge in [0, 0.05) is 17.8 Å². The van der Waals surface area contributed by atoms with Crippen LogP contribution in [0.5, 0.6) is 5.75 Å². The van der Waals surface area contributed by atoms with Gasteiger partial charge in [0.15, 0.2) is 9.84 Å². The molecule has 0 radical (unpaired) electrons. The van der Waals surface area contributed by atoms with Gasteiger partial charge in [-0.05, 0) is 30.9 Å². The molecule has 8 nitrogen and oxygen atoms in total. The van der Waals surface area contributed by atoms with Gasteiger partial charge in [-0.2, -0.15) is 0 Å². The molecule has 1 unspecified atom stereocenters. The predicted octanol–water partition coefficient (Wildman–Crippen LogP) is 1.23. The first-order chi connectivity index (χ1) is 12.1. The number of rotatable bonds is 6. The number of benzene rings is 1. The highest BCUT2D eigenvalue weighted by Gasteiger charge is 2.30. The molecule has 0 spiro atoms. The minimum Gasteiger partial charge on any atom is -0.508 e. The molecule has 1 heterocycles. The van der Waals surface area contributed by atoms with Crippen molar-refractivity contribution in [2.24, 2.45) is 5.92 Å². The van der Waals surface area contributed by atoms with E-state index < -0.39 is 33.9 Å². The lowest BCUT2D eigenvalue weighted by Crippen LogP contribution is -2.51. The Morgan fingerprint density at radius 2 is 2.04 bits per heavy atom. The highest BCUT2D eigenvalue weighted by Crippen LogP contribution is 2.16. The summed E-state index contributed by atoms with van der Waals surface area (Å²) < 4.78 is 22.9. The van der Waals surface area contributed by atoms with Crippen molar-refractivity contribution < 1.29 is 23.1 Å². The van der Waals surface area contributed by atoms with E-state index in [4.69, 9.17) is 0 Å². The number of phenolic OH excluding ortho intramolecular Hbond substituents is 1. The van der Waals surface area contributed by atoms with Gasteiger partial charge in [-0.3, -0.25) is 4.79 Å². The average molecular weight is 383 g/mol. The molecular weight excluding hydrogens is 358 g/mol. The first kappa shape index (κ1) is 20.0. The number of carbonyl (C=O) groups is 2. The van der Waals surface area contributed by atoms with Gasteiger partial charge in [0.25, 0.3) is 0 Å². The Balaban J connectivity index is 1.97. The van der Waals surface area contributed by atoms with E-state index in [1.54, 1.807) is 12.1 Å². The third-order valence-electron chi connectivity index (χ3n) is 4.01. The third-order valence-corrected chi connectivity index (χ3v) is 5.78. The van der Waals surface area contributed by atoms with Crippen LogP contribution in [0.15, 0.2) is 24.3 Å². The Morgan fingerprint density at radius 1 is 1.31 bits per heavy atom. The zero-order valence-corrected chi connectivity index (χ0v) is 15.7. The summed E-state index contributed by atoms with van der Waals surface area (Å²) in [4.78, 5) is 24.7. The number of phenols is 1. The maximum Gasteiger partial charge on any atom is 0.315 e. The van der Waals surface area contributed by atoms with Crippen molar-refractivity contribution in [1.29, 1.82) is 0 Å². The maximum atomic E-state index is 12.5. The zero-order valence-electron chi connectivity index (χ0n) is 14.9. The number of anilines is 1. The fourth-order valence-corrected chi connectivity index (χ4v) is 4.48. The van der Waals surface area contributed by atoms with Crippen LogP contribution in [-0.2, 0) is 14.6 Å². The molecular formula is C17H25N3O5S. The largest absolute Gasteiger partial charge is 0.508 e. The van der Waals surface area contributed by atoms with Crippen LogP contribution in [0.2, 0.25) is 0 Å². The van der Waals surface area contributed by atoms with Gasteiger partial charge in [0.2, 0.25) is 5.91 Å². The highest BCUT2D eigenvalue weighted by molar-refractivity contribution is 7.91. The average Bonchev–Trinajstić information content (AvgIpc) is 2.84. The highest BCUT2D eigenvalue weighted by atomic mass is 32.2. The van der Waals surface area contributed by atoms with E-state index in [9.17, 15) is 23.1 Å². The molecule has 0 saturated carbocycles. The Morgan fingerprint density at radius 3 is 2.62 bits per heavy atom. The molecule has 1 aromatic carbocycles. The van der Waals surface area contributed by atoms with E-state index in [1.165, 1.54) is 12.1 Å². The minimum atomic E-state index is -3.10. The van der Waals surface area contributed by atoms with Crippen LogP contribution < -0.4 is 16.0 Å². The molecule has 9 heteroatoms. The molecule has 26 heavy (non-hydrogen) atoms. The number of aromatic hydroxyl groups is 1. The lowest BCUT2D eigenvalue weighted by molar-refractivity contribution is -0.118. The van der Waals surface area contributed by atoms with Gasteiger partial charge < -0.3 is 21.1 Å². The topological polar surface area (TPSA) is 125 Å². The monoisotopic (exact) mass is 383 g/mol. The first-order valence-electron chi connectivity index (χ1n) is 8.52. The van der Waals surface area contributed by atoms with Crippen LogP contribution in [-0.4, -0.2) is 49.1 Å². The van der Waals surface area contributed by atoms with Crippen molar-refractivity contribution in [3.8, 4) is 5.75 Å². The quantitative estimate of drug-likeness (QED) is 0.588. The van der Waals surface area contributed by atoms with Crippen LogP contribution in [0.1, 0.15) is 26.7 Å². The van der Waals surface area contributed by atoms with Gasteiger partial charge >= 0.3 is 6.03 Å². The second kappa shape index (κ2) is 8.39. The molecule has 0 bridgehead atoms. The number of sulfone groups is 1. The number of hydrogen-bond donors (Lipinski definition) is 4. The molecule has 1 aromatic rings. The van der Waals surface area contributed by atoms with E-state index in [-0.39, 0.29) is 23.2 Å². The molecule has 1 saturated heterocycles. The Hall–Kier alpha value is -2.29. The van der Waals surface area contributed by atoms with E-state index in [2.05, 4.69) is 16.0 Å². The van der Waals surface area contributed by atoms with Crippen molar-refractivity contribution in [2.45, 2.75) is 38.8 Å². The minimum absolute atomic E-state index is 0.0244. The molecule has 1 aliphatic heterocycles. The summed E-state index contributed by atoms with van der Waals surface area (Å²) in [6.45, 7) is 3.86. The fourth-order valence-electron chi connectivity index (χ4n) is 2.81. The van der Waals surface area contributed by atoms with Crippen molar-refractivity contribution in [3.05, 3.63) is 24.3 Å². The van der Waals surface area contributed by atoms with Crippen LogP contribution in [0.3, 0.4) is 0 Å². The molecule has 1 aliphatic rings. The SMILES string of the molecule is CC(C)C[C@@H](NC(=O)NC1CCS(=O)(=O)C1)C(=O)Nc1cccc(O)c1. The molecule has 3 amide bonds. The van der Waals surface area contributed by atoms with E-state index in [1.807, 2.05) is 13.8 Å². The van der Waals surface area contributed by atoms with Crippen LogP contribution in [0.25, 0.3) is 0 Å². The Labute approximate surface area is 153 Å². The van der Waals surface area contributed by atoms with Crippen molar-refractivity contribution >= 4 is 27.5 Å². The summed E-state index contributed by atoms with van der Waals surface area (Å²) in [6, 6.07) is 4.35. The summed E-state index contributed by atoms with van der Waals surface area (Å²) in [6.07, 6.45) is 0.793. The number of nitrogens with one attached hydrogen (secondary N) is 3. The fraction of sp³-hybridized carbons (Fsp3) is 0.529. The van der Waals surface area contributed by atoms with E-state index >= 15 is 0 Å². The molecule has 0 aliphatic carbocycles. The van der Waals surface area contributed by atoms with Crippen LogP contribution >= 0.6 is 0 Å². The third kappa shape index (κ3) is 6.21. The predicted molar refractivity (Wildman–Crippen MR) is 98.7 cm³/mol. The number of hydrogen-bond acceptors (Lipinski definition) is 5. The van der Waals surface area contributed by atoms with Crippen molar-refractivity contribution in [3.63, 3.8) is 0 Å². The molecule has 4 N–H and O–H groups in total. The van der Waals surface area contributed by atoms with E-state index in [0.717, 1.165) is 0 Å².